The monoisotopic (exact) mass is 916 g/mol. The summed E-state index contributed by atoms with van der Waals surface area (Å²) in [5.74, 6) is 0. The zero-order valence-corrected chi connectivity index (χ0v) is 41.1. The molecule has 0 aliphatic heterocycles. The lowest BCUT2D eigenvalue weighted by Gasteiger charge is -2.21. The van der Waals surface area contributed by atoms with Crippen LogP contribution < -0.4 is 0 Å². The molecule has 0 unspecified atom stereocenters. The quantitative estimate of drug-likeness (QED) is 0.142. The second-order valence-electron chi connectivity index (χ2n) is 19.9. The van der Waals surface area contributed by atoms with E-state index in [4.69, 9.17) is 0 Å². The summed E-state index contributed by atoms with van der Waals surface area (Å²) in [6, 6.07) is 91.3. The van der Waals surface area contributed by atoms with Gasteiger partial charge in [-0.15, -0.1) is 0 Å². The molecule has 12 aromatic rings. The van der Waals surface area contributed by atoms with E-state index in [0.717, 1.165) is 0 Å². The molecule has 12 aromatic carbocycles. The van der Waals surface area contributed by atoms with Crippen molar-refractivity contribution in [2.24, 2.45) is 0 Å². The lowest BCUT2D eigenvalue weighted by atomic mass is 9.81. The van der Waals surface area contributed by atoms with Crippen LogP contribution in [0.3, 0.4) is 0 Å². The molecular weight excluding hydrogens is 865 g/mol. The number of benzene rings is 12. The molecule has 0 fully saturated rings. The van der Waals surface area contributed by atoms with Crippen LogP contribution in [0, 0.1) is 27.7 Å². The SMILES string of the molecule is Cc1ccc(-c2cc(-c3ccc(C)cc3)cc(-c3ccc4c(-c5ccccc5)c5c(c(-c6ccccc6)c4c3)-c3cccc4c(-c6cc(-c7ccc(C)cc7)cc(-c7ccc(C)cc7)c6)ccc-5c34)c2)cc1. The molecule has 0 N–H and O–H groups in total. The Labute approximate surface area is 423 Å². The molecule has 0 heteroatoms. The normalized spacial score (nSPS) is 11.6. The van der Waals surface area contributed by atoms with Crippen molar-refractivity contribution in [1.82, 2.24) is 0 Å². The predicted molar refractivity (Wildman–Crippen MR) is 308 cm³/mol. The summed E-state index contributed by atoms with van der Waals surface area (Å²) < 4.78 is 0. The molecule has 0 saturated heterocycles. The first-order valence-corrected chi connectivity index (χ1v) is 25.2. The van der Waals surface area contributed by atoms with Crippen molar-refractivity contribution < 1.29 is 0 Å². The van der Waals surface area contributed by atoms with E-state index in [1.54, 1.807) is 0 Å². The van der Waals surface area contributed by atoms with E-state index in [2.05, 4.69) is 270 Å². The van der Waals surface area contributed by atoms with Crippen molar-refractivity contribution in [2.75, 3.05) is 0 Å². The summed E-state index contributed by atoms with van der Waals surface area (Å²) >= 11 is 0. The van der Waals surface area contributed by atoms with Crippen molar-refractivity contribution >= 4 is 21.5 Å². The fraction of sp³-hybridized carbons (Fsp3) is 0.0556. The number of aryl methyl sites for hydroxylation is 4. The molecule has 0 nitrogen and oxygen atoms in total. The van der Waals surface area contributed by atoms with E-state index >= 15 is 0 Å². The molecule has 1 aliphatic rings. The smallest absolute Gasteiger partial charge is 0.000741 e. The Morgan fingerprint density at radius 2 is 0.542 bits per heavy atom. The minimum absolute atomic E-state index is 1.19. The zero-order valence-electron chi connectivity index (χ0n) is 41.1. The molecule has 1 aliphatic carbocycles. The van der Waals surface area contributed by atoms with Crippen molar-refractivity contribution in [2.45, 2.75) is 27.7 Å². The minimum atomic E-state index is 1.19. The van der Waals surface area contributed by atoms with Crippen molar-refractivity contribution in [1.29, 1.82) is 0 Å². The van der Waals surface area contributed by atoms with Gasteiger partial charge in [-0.25, -0.2) is 0 Å². The maximum atomic E-state index is 2.48. The average Bonchev–Trinajstić information content (AvgIpc) is 3.75. The van der Waals surface area contributed by atoms with Gasteiger partial charge in [0.05, 0.1) is 0 Å². The highest BCUT2D eigenvalue weighted by molar-refractivity contribution is 6.29. The Morgan fingerprint density at radius 1 is 0.181 bits per heavy atom. The van der Waals surface area contributed by atoms with E-state index in [-0.39, 0.29) is 0 Å². The van der Waals surface area contributed by atoms with Crippen LogP contribution in [-0.2, 0) is 0 Å². The van der Waals surface area contributed by atoms with Gasteiger partial charge in [-0.05, 0) is 203 Å². The first kappa shape index (κ1) is 43.2. The zero-order chi connectivity index (χ0) is 48.5. The standard InChI is InChI=1S/C72H52/c1-45-18-26-49(27-19-45)56-38-57(50-28-20-46(2)21-29-50)41-60(40-56)55-34-35-64-67(44-55)69(54-14-9-6-10-15-54)71-65-17-11-16-63-62(36-37-66(70(63)65)72(71)68(64)53-12-7-5-8-13-53)61-42-58(51-30-22-47(3)23-31-51)39-59(43-61)52-32-24-48(4)25-33-52/h5-44H,1-4H3. The predicted octanol–water partition coefficient (Wildman–Crippen LogP) is 20.2. The van der Waals surface area contributed by atoms with Gasteiger partial charge in [0, 0.05) is 0 Å². The van der Waals surface area contributed by atoms with Gasteiger partial charge in [-0.3, -0.25) is 0 Å². The fourth-order valence-electron chi connectivity index (χ4n) is 11.3. The van der Waals surface area contributed by atoms with Crippen molar-refractivity contribution in [3.63, 3.8) is 0 Å². The van der Waals surface area contributed by atoms with E-state index in [0.29, 0.717) is 0 Å². The number of rotatable bonds is 8. The van der Waals surface area contributed by atoms with Crippen LogP contribution in [0.4, 0.5) is 0 Å². The number of hydrogen-bond donors (Lipinski definition) is 0. The maximum Gasteiger partial charge on any atom is -0.000741 e. The Morgan fingerprint density at radius 3 is 0.986 bits per heavy atom. The average molecular weight is 917 g/mol. The van der Waals surface area contributed by atoms with Gasteiger partial charge >= 0.3 is 0 Å². The second kappa shape index (κ2) is 17.5. The van der Waals surface area contributed by atoms with Gasteiger partial charge in [0.1, 0.15) is 0 Å². The molecule has 72 heavy (non-hydrogen) atoms. The summed E-state index contributed by atoms with van der Waals surface area (Å²) in [5.41, 5.74) is 29.7. The van der Waals surface area contributed by atoms with Crippen LogP contribution in [0.25, 0.3) is 133 Å². The molecule has 13 rings (SSSR count). The van der Waals surface area contributed by atoms with E-state index in [1.165, 1.54) is 155 Å². The largest absolute Gasteiger partial charge is 0.0622 e. The summed E-state index contributed by atoms with van der Waals surface area (Å²) in [4.78, 5) is 0. The summed E-state index contributed by atoms with van der Waals surface area (Å²) in [6.45, 7) is 8.63. The molecular formula is C72H52. The van der Waals surface area contributed by atoms with Gasteiger partial charge < -0.3 is 0 Å². The van der Waals surface area contributed by atoms with Crippen LogP contribution in [-0.4, -0.2) is 0 Å². The molecule has 0 heterocycles. The van der Waals surface area contributed by atoms with E-state index < -0.39 is 0 Å². The summed E-state index contributed by atoms with van der Waals surface area (Å²) in [7, 11) is 0. The Hall–Kier alpha value is -8.84. The lowest BCUT2D eigenvalue weighted by molar-refractivity contribution is 1.46. The van der Waals surface area contributed by atoms with E-state index in [1.807, 2.05) is 0 Å². The third-order valence-electron chi connectivity index (χ3n) is 15.1. The Kier molecular flexibility index (Phi) is 10.5. The molecule has 0 atom stereocenters. The highest BCUT2D eigenvalue weighted by Gasteiger charge is 2.31. The first-order valence-electron chi connectivity index (χ1n) is 25.2. The highest BCUT2D eigenvalue weighted by atomic mass is 14.3. The molecule has 0 aromatic heterocycles. The first-order chi connectivity index (χ1) is 35.3. The fourth-order valence-corrected chi connectivity index (χ4v) is 11.3. The topological polar surface area (TPSA) is 0 Å². The Bertz CT molecular complexity index is 3920. The molecule has 0 spiro atoms. The summed E-state index contributed by atoms with van der Waals surface area (Å²) in [5, 5.41) is 5.06. The van der Waals surface area contributed by atoms with Crippen LogP contribution in [0.15, 0.2) is 243 Å². The van der Waals surface area contributed by atoms with Gasteiger partial charge in [-0.2, -0.15) is 0 Å². The van der Waals surface area contributed by atoms with Gasteiger partial charge in [-0.1, -0.05) is 222 Å². The Balaban J connectivity index is 1.08. The van der Waals surface area contributed by atoms with Crippen LogP contribution in [0.1, 0.15) is 22.3 Å². The molecule has 0 amide bonds. The third kappa shape index (κ3) is 7.56. The van der Waals surface area contributed by atoms with E-state index in [9.17, 15) is 0 Å². The van der Waals surface area contributed by atoms with Gasteiger partial charge in [0.2, 0.25) is 0 Å². The minimum Gasteiger partial charge on any atom is -0.0622 e. The maximum absolute atomic E-state index is 2.48. The van der Waals surface area contributed by atoms with Crippen LogP contribution >= 0.6 is 0 Å². The van der Waals surface area contributed by atoms with Crippen molar-refractivity contribution in [3.8, 4) is 111 Å². The molecule has 0 bridgehead atoms. The second-order valence-corrected chi connectivity index (χ2v) is 19.9. The van der Waals surface area contributed by atoms with Gasteiger partial charge in [0.25, 0.3) is 0 Å². The van der Waals surface area contributed by atoms with Gasteiger partial charge in [0.15, 0.2) is 0 Å². The molecule has 340 valence electrons. The molecule has 0 radical (unpaired) electrons. The number of hydrogen-bond acceptors (Lipinski definition) is 0. The van der Waals surface area contributed by atoms with Crippen LogP contribution in [0.2, 0.25) is 0 Å². The highest BCUT2D eigenvalue weighted by Crippen LogP contribution is 2.59. The third-order valence-corrected chi connectivity index (χ3v) is 15.1. The lowest BCUT2D eigenvalue weighted by Crippen LogP contribution is -1.94. The summed E-state index contributed by atoms with van der Waals surface area (Å²) in [6.07, 6.45) is 0. The van der Waals surface area contributed by atoms with Crippen LogP contribution in [0.5, 0.6) is 0 Å². The molecule has 0 saturated carbocycles. The number of fused-ring (bicyclic) bond motifs is 4. The van der Waals surface area contributed by atoms with Crippen molar-refractivity contribution in [3.05, 3.63) is 265 Å².